The van der Waals surface area contributed by atoms with E-state index in [-0.39, 0.29) is 0 Å². The molecule has 3 rings (SSSR count). The normalized spacial score (nSPS) is 10.6. The van der Waals surface area contributed by atoms with Crippen LogP contribution in [0.4, 0.5) is 0 Å². The van der Waals surface area contributed by atoms with Crippen molar-refractivity contribution in [3.05, 3.63) is 67.1 Å². The first-order chi connectivity index (χ1) is 9.36. The van der Waals surface area contributed by atoms with Gasteiger partial charge in [-0.15, -0.1) is 11.6 Å². The van der Waals surface area contributed by atoms with Crippen molar-refractivity contribution >= 4 is 11.6 Å². The molecule has 0 aliphatic carbocycles. The van der Waals surface area contributed by atoms with Gasteiger partial charge in [0.2, 0.25) is 0 Å². The Morgan fingerprint density at radius 1 is 0.842 bits per heavy atom. The summed E-state index contributed by atoms with van der Waals surface area (Å²) in [6.07, 6.45) is 3.69. The van der Waals surface area contributed by atoms with Crippen LogP contribution >= 0.6 is 11.6 Å². The number of alkyl halides is 1. The summed E-state index contributed by atoms with van der Waals surface area (Å²) in [5.74, 6) is 0. The van der Waals surface area contributed by atoms with Gasteiger partial charge in [-0.3, -0.25) is 0 Å². The average Bonchev–Trinajstić information content (AvgIpc) is 2.97. The van der Waals surface area contributed by atoms with E-state index >= 15 is 0 Å². The fourth-order valence-corrected chi connectivity index (χ4v) is 2.17. The lowest BCUT2D eigenvalue weighted by molar-refractivity contribution is 0.881. The van der Waals surface area contributed by atoms with Gasteiger partial charge in [-0.1, -0.05) is 54.6 Å². The van der Waals surface area contributed by atoms with E-state index in [1.54, 1.807) is 6.33 Å². The molecule has 1 aromatic heterocycles. The van der Waals surface area contributed by atoms with E-state index in [2.05, 4.69) is 41.4 Å². The molecule has 0 fully saturated rings. The molecule has 19 heavy (non-hydrogen) atoms. The third-order valence-corrected chi connectivity index (χ3v) is 3.34. The van der Waals surface area contributed by atoms with Crippen molar-refractivity contribution in [1.82, 2.24) is 9.55 Å². The summed E-state index contributed by atoms with van der Waals surface area (Å²) in [5.41, 5.74) is 4.48. The lowest BCUT2D eigenvalue weighted by Crippen LogP contribution is -1.84. The predicted octanol–water partition coefficient (Wildman–Crippen LogP) is 4.41. The van der Waals surface area contributed by atoms with Gasteiger partial charge in [0.1, 0.15) is 0 Å². The van der Waals surface area contributed by atoms with Crippen molar-refractivity contribution in [3.63, 3.8) is 0 Å². The van der Waals surface area contributed by atoms with Crippen LogP contribution in [0.3, 0.4) is 0 Å². The maximum absolute atomic E-state index is 5.76. The van der Waals surface area contributed by atoms with Gasteiger partial charge in [-0.05, 0) is 11.1 Å². The van der Waals surface area contributed by atoms with Crippen LogP contribution in [0.1, 0.15) is 0 Å². The molecule has 0 atom stereocenters. The second-order valence-corrected chi connectivity index (χ2v) is 4.58. The van der Waals surface area contributed by atoms with Crippen LogP contribution in [0, 0.1) is 0 Å². The summed E-state index contributed by atoms with van der Waals surface area (Å²) in [5, 5.41) is 0. The maximum Gasteiger partial charge on any atom is 0.0981 e. The van der Waals surface area contributed by atoms with Gasteiger partial charge in [0.25, 0.3) is 0 Å². The summed E-state index contributed by atoms with van der Waals surface area (Å²) in [6.45, 7) is 0. The van der Waals surface area contributed by atoms with Crippen molar-refractivity contribution in [2.24, 2.45) is 0 Å². The largest absolute Gasteiger partial charge is 0.323 e. The Kier molecular flexibility index (Phi) is 3.34. The van der Waals surface area contributed by atoms with E-state index in [9.17, 15) is 0 Å². The Morgan fingerprint density at radius 3 is 2.11 bits per heavy atom. The molecule has 0 unspecified atom stereocenters. The molecule has 3 aromatic rings. The summed E-state index contributed by atoms with van der Waals surface area (Å²) >= 11 is 5.76. The molecule has 0 N–H and O–H groups in total. The van der Waals surface area contributed by atoms with Crippen LogP contribution in [-0.2, 0) is 6.00 Å². The molecule has 0 saturated heterocycles. The molecule has 0 aliphatic heterocycles. The fraction of sp³-hybridized carbons (Fsp3) is 0.0625. The smallest absolute Gasteiger partial charge is 0.0981 e. The van der Waals surface area contributed by atoms with E-state index in [1.807, 2.05) is 29.0 Å². The van der Waals surface area contributed by atoms with E-state index in [0.717, 1.165) is 11.3 Å². The summed E-state index contributed by atoms with van der Waals surface area (Å²) in [7, 11) is 0. The minimum Gasteiger partial charge on any atom is -0.323 e. The molecule has 94 valence electrons. The maximum atomic E-state index is 5.76. The van der Waals surface area contributed by atoms with Crippen LogP contribution in [0.25, 0.3) is 22.4 Å². The highest BCUT2D eigenvalue weighted by molar-refractivity contribution is 6.15. The molecule has 2 nitrogen and oxygen atoms in total. The minimum atomic E-state index is 0.426. The SMILES string of the molecule is ClCn1cnc(-c2ccc(-c3ccccc3)cc2)c1. The molecule has 3 heteroatoms. The molecule has 0 saturated carbocycles. The topological polar surface area (TPSA) is 17.8 Å². The van der Waals surface area contributed by atoms with Gasteiger partial charge < -0.3 is 4.57 Å². The Balaban J connectivity index is 1.90. The predicted molar refractivity (Wildman–Crippen MR) is 79.0 cm³/mol. The number of benzene rings is 2. The summed E-state index contributed by atoms with van der Waals surface area (Å²) in [6, 6.07) is 19.2. The number of halogens is 1. The zero-order valence-corrected chi connectivity index (χ0v) is 11.1. The molecule has 0 aliphatic rings. The Bertz CT molecular complexity index is 657. The van der Waals surface area contributed by atoms with E-state index in [4.69, 9.17) is 11.6 Å². The number of nitrogens with zero attached hydrogens (tertiary/aromatic N) is 2. The molecule has 0 amide bonds. The minimum absolute atomic E-state index is 0.426. The van der Waals surface area contributed by atoms with Gasteiger partial charge >= 0.3 is 0 Å². The molecule has 0 bridgehead atoms. The second-order valence-electron chi connectivity index (χ2n) is 4.34. The molecule has 0 radical (unpaired) electrons. The first-order valence-electron chi connectivity index (χ1n) is 6.10. The van der Waals surface area contributed by atoms with E-state index in [1.165, 1.54) is 11.1 Å². The third kappa shape index (κ3) is 2.54. The Hall–Kier alpha value is -2.06. The van der Waals surface area contributed by atoms with E-state index in [0.29, 0.717) is 6.00 Å². The standard InChI is InChI=1S/C16H13ClN2/c17-11-19-10-16(18-12-19)15-8-6-14(7-9-15)13-4-2-1-3-5-13/h1-10,12H,11H2. The molecule has 1 heterocycles. The van der Waals surface area contributed by atoms with Gasteiger partial charge in [0.05, 0.1) is 18.0 Å². The monoisotopic (exact) mass is 268 g/mol. The highest BCUT2D eigenvalue weighted by atomic mass is 35.5. The number of imidazole rings is 1. The Labute approximate surface area is 117 Å². The van der Waals surface area contributed by atoms with Crippen LogP contribution in [0.2, 0.25) is 0 Å². The number of rotatable bonds is 3. The molecular formula is C16H13ClN2. The van der Waals surface area contributed by atoms with Crippen molar-refractivity contribution in [3.8, 4) is 22.4 Å². The summed E-state index contributed by atoms with van der Waals surface area (Å²) < 4.78 is 1.85. The van der Waals surface area contributed by atoms with Crippen LogP contribution in [0.5, 0.6) is 0 Å². The fourth-order valence-electron chi connectivity index (χ4n) is 2.04. The van der Waals surface area contributed by atoms with Crippen LogP contribution in [-0.4, -0.2) is 9.55 Å². The van der Waals surface area contributed by atoms with Gasteiger partial charge in [0, 0.05) is 11.8 Å². The van der Waals surface area contributed by atoms with E-state index < -0.39 is 0 Å². The van der Waals surface area contributed by atoms with Crippen molar-refractivity contribution in [2.75, 3.05) is 0 Å². The van der Waals surface area contributed by atoms with Gasteiger partial charge in [-0.2, -0.15) is 0 Å². The zero-order valence-electron chi connectivity index (χ0n) is 10.3. The highest BCUT2D eigenvalue weighted by Gasteiger charge is 2.02. The van der Waals surface area contributed by atoms with Crippen LogP contribution in [0.15, 0.2) is 67.1 Å². The Morgan fingerprint density at radius 2 is 1.47 bits per heavy atom. The molecule has 2 aromatic carbocycles. The lowest BCUT2D eigenvalue weighted by atomic mass is 10.0. The molecular weight excluding hydrogens is 256 g/mol. The first kappa shape index (κ1) is 12.0. The quantitative estimate of drug-likeness (QED) is 0.643. The summed E-state index contributed by atoms with van der Waals surface area (Å²) in [4.78, 5) is 4.34. The van der Waals surface area contributed by atoms with Gasteiger partial charge in [-0.25, -0.2) is 4.98 Å². The third-order valence-electron chi connectivity index (χ3n) is 3.06. The molecule has 0 spiro atoms. The number of hydrogen-bond donors (Lipinski definition) is 0. The average molecular weight is 269 g/mol. The number of hydrogen-bond acceptors (Lipinski definition) is 1. The van der Waals surface area contributed by atoms with Crippen molar-refractivity contribution in [2.45, 2.75) is 6.00 Å². The number of aromatic nitrogens is 2. The van der Waals surface area contributed by atoms with Crippen molar-refractivity contribution < 1.29 is 0 Å². The first-order valence-corrected chi connectivity index (χ1v) is 6.64. The zero-order chi connectivity index (χ0) is 13.1. The highest BCUT2D eigenvalue weighted by Crippen LogP contribution is 2.23. The van der Waals surface area contributed by atoms with Crippen molar-refractivity contribution in [1.29, 1.82) is 0 Å². The lowest BCUT2D eigenvalue weighted by Gasteiger charge is -2.02. The van der Waals surface area contributed by atoms with Crippen LogP contribution < -0.4 is 0 Å². The van der Waals surface area contributed by atoms with Gasteiger partial charge in [0.15, 0.2) is 0 Å². The second kappa shape index (κ2) is 5.29.